The van der Waals surface area contributed by atoms with Crippen molar-refractivity contribution in [3.8, 4) is 0 Å². The van der Waals surface area contributed by atoms with Crippen LogP contribution >= 0.6 is 0 Å². The van der Waals surface area contributed by atoms with Crippen molar-refractivity contribution in [2.24, 2.45) is 0 Å². The predicted molar refractivity (Wildman–Crippen MR) is 84.0 cm³/mol. The number of carbonyl (C=O) groups is 2. The summed E-state index contributed by atoms with van der Waals surface area (Å²) in [4.78, 5) is 23.0. The summed E-state index contributed by atoms with van der Waals surface area (Å²) in [7, 11) is 0. The molecular formula is C16H22O4Pb. The maximum atomic E-state index is 11.5. The van der Waals surface area contributed by atoms with Gasteiger partial charge in [0, 0.05) is 0 Å². The van der Waals surface area contributed by atoms with Crippen LogP contribution in [-0.4, -0.2) is 34.0 Å². The average Bonchev–Trinajstić information content (AvgIpc) is 2.43. The summed E-state index contributed by atoms with van der Waals surface area (Å²) in [6.07, 6.45) is 4.99. The van der Waals surface area contributed by atoms with Gasteiger partial charge < -0.3 is 0 Å². The maximum absolute atomic E-state index is 11.5. The molecule has 5 heteroatoms. The van der Waals surface area contributed by atoms with Crippen LogP contribution in [0.15, 0.2) is 40.0 Å². The van der Waals surface area contributed by atoms with E-state index < -0.39 is 34.0 Å². The van der Waals surface area contributed by atoms with Crippen molar-refractivity contribution >= 4 is 37.1 Å². The first-order valence-corrected chi connectivity index (χ1v) is 14.5. The van der Waals surface area contributed by atoms with E-state index in [1.165, 1.54) is 13.8 Å². The number of carbonyl (C=O) groups excluding carboxylic acids is 2. The van der Waals surface area contributed by atoms with E-state index in [2.05, 4.69) is 6.92 Å². The predicted octanol–water partition coefficient (Wildman–Crippen LogP) is 2.75. The van der Waals surface area contributed by atoms with Crippen molar-refractivity contribution in [1.82, 2.24) is 0 Å². The number of unbranched alkanes of at least 4 members (excludes halogenated alkanes) is 2. The molecule has 1 aromatic rings. The first-order valence-electron chi connectivity index (χ1n) is 7.12. The van der Waals surface area contributed by atoms with Gasteiger partial charge in [-0.25, -0.2) is 0 Å². The van der Waals surface area contributed by atoms with Crippen molar-refractivity contribution in [1.29, 1.82) is 0 Å². The second-order valence-electron chi connectivity index (χ2n) is 4.77. The van der Waals surface area contributed by atoms with E-state index in [0.717, 1.165) is 22.4 Å². The molecule has 0 saturated carbocycles. The van der Waals surface area contributed by atoms with E-state index in [4.69, 9.17) is 5.37 Å². The molecule has 0 radical (unpaired) electrons. The molecule has 114 valence electrons. The Morgan fingerprint density at radius 3 is 2.14 bits per heavy atom. The van der Waals surface area contributed by atoms with Gasteiger partial charge in [-0.2, -0.15) is 0 Å². The topological polar surface area (TPSA) is 52.6 Å². The van der Waals surface area contributed by atoms with Gasteiger partial charge in [-0.1, -0.05) is 0 Å². The average molecular weight is 486 g/mol. The van der Waals surface area contributed by atoms with E-state index in [1.54, 1.807) is 0 Å². The quantitative estimate of drug-likeness (QED) is 0.440. The zero-order chi connectivity index (χ0) is 15.7. The second kappa shape index (κ2) is 8.97. The Bertz CT molecular complexity index is 480. The fraction of sp³-hybridized carbons (Fsp3) is 0.375. The van der Waals surface area contributed by atoms with Gasteiger partial charge >= 0.3 is 132 Å². The van der Waals surface area contributed by atoms with Crippen LogP contribution in [0.5, 0.6) is 0 Å². The molecule has 0 aliphatic heterocycles. The van der Waals surface area contributed by atoms with E-state index in [9.17, 15) is 9.59 Å². The summed E-state index contributed by atoms with van der Waals surface area (Å²) in [5.41, 5.74) is 0. The molecule has 1 aromatic carbocycles. The van der Waals surface area contributed by atoms with Gasteiger partial charge in [0.1, 0.15) is 0 Å². The molecule has 0 amide bonds. The van der Waals surface area contributed by atoms with Gasteiger partial charge in [0.15, 0.2) is 0 Å². The fourth-order valence-electron chi connectivity index (χ4n) is 1.96. The number of benzene rings is 1. The summed E-state index contributed by atoms with van der Waals surface area (Å²) in [5, 5.41) is 0. The first-order chi connectivity index (χ1) is 10.00. The monoisotopic (exact) mass is 486 g/mol. The molecule has 0 heterocycles. The van der Waals surface area contributed by atoms with Gasteiger partial charge in [-0.15, -0.1) is 0 Å². The molecule has 0 fully saturated rings. The van der Waals surface area contributed by atoms with Crippen LogP contribution in [0.2, 0.25) is 0 Å². The summed E-state index contributed by atoms with van der Waals surface area (Å²) >= 11 is -4.27. The molecule has 0 saturated heterocycles. The summed E-state index contributed by atoms with van der Waals surface area (Å²) in [5.74, 6) is -0.830. The molecule has 0 unspecified atom stereocenters. The van der Waals surface area contributed by atoms with Crippen LogP contribution in [0.1, 0.15) is 40.0 Å². The molecule has 0 N–H and O–H groups in total. The fourth-order valence-corrected chi connectivity index (χ4v) is 12.0. The third-order valence-electron chi connectivity index (χ3n) is 2.83. The minimum absolute atomic E-state index is 0.415. The van der Waals surface area contributed by atoms with Crippen LogP contribution < -0.4 is 3.12 Å². The normalized spacial score (nSPS) is 11.4. The van der Waals surface area contributed by atoms with Crippen molar-refractivity contribution in [3.05, 3.63) is 40.0 Å². The minimum atomic E-state index is -4.27. The van der Waals surface area contributed by atoms with E-state index in [-0.39, 0.29) is 0 Å². The summed E-state index contributed by atoms with van der Waals surface area (Å²) in [6.45, 7) is 4.81. The molecule has 0 bridgehead atoms. The molecule has 21 heavy (non-hydrogen) atoms. The number of hydrogen-bond acceptors (Lipinski definition) is 4. The Morgan fingerprint density at radius 1 is 1.10 bits per heavy atom. The Kier molecular flexibility index (Phi) is 7.63. The van der Waals surface area contributed by atoms with Gasteiger partial charge in [-0.3, -0.25) is 0 Å². The molecule has 0 aliphatic rings. The van der Waals surface area contributed by atoms with Gasteiger partial charge in [0.2, 0.25) is 0 Å². The standard InChI is InChI=1S/C6H5.C6H11.2C2H4O2.Pb/c1-2-4-6-5-3-1;1-3-5-6-4-2;2*1-2(3)4;/h1-5H;1,3H,4-6H2,2H3;2*1H3,(H,3,4);/q;;;;+2/p-2. The van der Waals surface area contributed by atoms with Crippen LogP contribution in [0.3, 0.4) is 0 Å². The summed E-state index contributed by atoms with van der Waals surface area (Å²) in [6, 6.07) is 9.31. The molecule has 0 aromatic heterocycles. The SMILES string of the molecule is CCCC/C=[CH]/[Pb]([O]C(C)=O)([O]C(C)=O)[c]1ccccc1. The zero-order valence-electron chi connectivity index (χ0n) is 12.8. The number of allylic oxidation sites excluding steroid dienone is 1. The zero-order valence-corrected chi connectivity index (χ0v) is 16.7. The van der Waals surface area contributed by atoms with E-state index in [0.29, 0.717) is 0 Å². The molecule has 0 atom stereocenters. The first kappa shape index (κ1) is 17.9. The van der Waals surface area contributed by atoms with Crippen molar-refractivity contribution in [3.63, 3.8) is 0 Å². The van der Waals surface area contributed by atoms with Gasteiger partial charge in [0.25, 0.3) is 0 Å². The third-order valence-corrected chi connectivity index (χ3v) is 14.5. The van der Waals surface area contributed by atoms with Crippen molar-refractivity contribution < 1.29 is 15.0 Å². The molecule has 0 spiro atoms. The van der Waals surface area contributed by atoms with Crippen LogP contribution in [0, 0.1) is 0 Å². The molecule has 1 rings (SSSR count). The Morgan fingerprint density at radius 2 is 1.67 bits per heavy atom. The van der Waals surface area contributed by atoms with Crippen LogP contribution in [-0.2, 0) is 15.0 Å². The third kappa shape index (κ3) is 5.99. The molecular weight excluding hydrogens is 463 g/mol. The second-order valence-corrected chi connectivity index (χ2v) is 15.1. The molecule has 4 nitrogen and oxygen atoms in total. The van der Waals surface area contributed by atoms with Crippen LogP contribution in [0.25, 0.3) is 0 Å². The number of rotatable bonds is 7. The Balaban J connectivity index is 3.17. The van der Waals surface area contributed by atoms with Crippen LogP contribution in [0.4, 0.5) is 0 Å². The van der Waals surface area contributed by atoms with Gasteiger partial charge in [-0.05, 0) is 0 Å². The van der Waals surface area contributed by atoms with Gasteiger partial charge in [0.05, 0.1) is 0 Å². The molecule has 0 aliphatic carbocycles. The number of hydrogen-bond donors (Lipinski definition) is 0. The van der Waals surface area contributed by atoms with Crippen molar-refractivity contribution in [2.45, 2.75) is 40.0 Å². The van der Waals surface area contributed by atoms with E-state index >= 15 is 0 Å². The van der Waals surface area contributed by atoms with Crippen molar-refractivity contribution in [2.75, 3.05) is 0 Å². The Labute approximate surface area is 132 Å². The summed E-state index contributed by atoms with van der Waals surface area (Å²) < 4.78 is 13.8. The Hall–Kier alpha value is -1.18. The van der Waals surface area contributed by atoms with E-state index in [1.807, 2.05) is 40.0 Å².